The smallest absolute Gasteiger partial charge is 0.338 e. The van der Waals surface area contributed by atoms with E-state index in [0.29, 0.717) is 22.9 Å². The van der Waals surface area contributed by atoms with Crippen LogP contribution in [0.25, 0.3) is 22.2 Å². The van der Waals surface area contributed by atoms with Crippen LogP contribution >= 0.6 is 0 Å². The molecule has 0 radical (unpaired) electrons. The van der Waals surface area contributed by atoms with E-state index in [9.17, 15) is 36.6 Å². The number of fused-ring (bicyclic) bond motifs is 4. The monoisotopic (exact) mass is 788 g/mol. The van der Waals surface area contributed by atoms with E-state index in [-0.39, 0.29) is 53.0 Å². The predicted molar refractivity (Wildman–Crippen MR) is 187 cm³/mol. The molecule has 5 aromatic rings. The Kier molecular flexibility index (Phi) is 9.85. The number of carboxylic acids is 1. The fourth-order valence-electron chi connectivity index (χ4n) is 7.14. The molecule has 3 heterocycles. The molecule has 1 amide bonds. The average molecular weight is 789 g/mol. The van der Waals surface area contributed by atoms with Crippen molar-refractivity contribution in [3.63, 3.8) is 0 Å². The van der Waals surface area contributed by atoms with Gasteiger partial charge in [0, 0.05) is 37.8 Å². The SMILES string of the molecule is C[Si](C)(C)CCOCn1ncc2nc(C(Cc3cc(F)cc(F)c3)NC(=O)Cn3nc(C(F)F)c4c3C(F)(F)[C@@H]3C[C@H]43)c(-c3ccc(F)c(C(=O)O)c3)cc21. The molecule has 0 spiro atoms. The quantitative estimate of drug-likeness (QED) is 0.0665. The fourth-order valence-corrected chi connectivity index (χ4v) is 7.90. The number of rotatable bonds is 14. The number of nitrogens with zero attached hydrogens (tertiary/aromatic N) is 5. The van der Waals surface area contributed by atoms with Gasteiger partial charge in [-0.1, -0.05) is 25.7 Å². The molecule has 10 nitrogen and oxygen atoms in total. The van der Waals surface area contributed by atoms with Gasteiger partial charge in [-0.05, 0) is 66.3 Å². The van der Waals surface area contributed by atoms with Crippen molar-refractivity contribution in [1.82, 2.24) is 29.9 Å². The van der Waals surface area contributed by atoms with Gasteiger partial charge in [0.2, 0.25) is 5.91 Å². The van der Waals surface area contributed by atoms with Crippen LogP contribution in [0.4, 0.5) is 30.7 Å². The van der Waals surface area contributed by atoms with Crippen LogP contribution in [0.2, 0.25) is 25.7 Å². The molecule has 55 heavy (non-hydrogen) atoms. The van der Waals surface area contributed by atoms with Gasteiger partial charge in [-0.2, -0.15) is 19.0 Å². The Morgan fingerprint density at radius 3 is 2.44 bits per heavy atom. The van der Waals surface area contributed by atoms with Crippen molar-refractivity contribution in [2.45, 2.75) is 76.1 Å². The molecule has 2 N–H and O–H groups in total. The summed E-state index contributed by atoms with van der Waals surface area (Å²) in [5.74, 6) is -10.9. The minimum absolute atomic E-state index is 0.0122. The van der Waals surface area contributed by atoms with Crippen molar-refractivity contribution in [1.29, 1.82) is 0 Å². The van der Waals surface area contributed by atoms with Crippen LogP contribution in [0.5, 0.6) is 0 Å². The van der Waals surface area contributed by atoms with Gasteiger partial charge in [-0.3, -0.25) is 9.48 Å². The second-order valence-electron chi connectivity index (χ2n) is 15.1. The van der Waals surface area contributed by atoms with E-state index in [1.54, 1.807) is 6.07 Å². The van der Waals surface area contributed by atoms with Gasteiger partial charge < -0.3 is 15.2 Å². The largest absolute Gasteiger partial charge is 0.478 e. The number of halogens is 7. The molecule has 3 aromatic heterocycles. The van der Waals surface area contributed by atoms with Crippen molar-refractivity contribution >= 4 is 31.0 Å². The highest BCUT2D eigenvalue weighted by Gasteiger charge is 2.67. The molecule has 0 bridgehead atoms. The van der Waals surface area contributed by atoms with Crippen LogP contribution in [0, 0.1) is 23.4 Å². The number of pyridine rings is 1. The number of amides is 1. The normalized spacial score (nSPS) is 17.7. The lowest BCUT2D eigenvalue weighted by Crippen LogP contribution is -2.35. The first-order valence-electron chi connectivity index (χ1n) is 17.4. The maximum Gasteiger partial charge on any atom is 0.338 e. The number of ether oxygens (including phenoxy) is 1. The van der Waals surface area contributed by atoms with Gasteiger partial charge in [-0.15, -0.1) is 0 Å². The van der Waals surface area contributed by atoms with E-state index in [0.717, 1.165) is 30.3 Å². The molecule has 0 saturated heterocycles. The van der Waals surface area contributed by atoms with E-state index in [1.807, 2.05) is 0 Å². The number of benzene rings is 2. The van der Waals surface area contributed by atoms with Gasteiger partial charge >= 0.3 is 5.97 Å². The Hall–Kier alpha value is -5.10. The number of alkyl halides is 4. The number of carbonyl (C=O) groups is 2. The summed E-state index contributed by atoms with van der Waals surface area (Å²) < 4.78 is 110. The zero-order chi connectivity index (χ0) is 39.6. The number of aromatic carboxylic acids is 1. The Balaban J connectivity index is 1.31. The summed E-state index contributed by atoms with van der Waals surface area (Å²) in [4.78, 5) is 30.5. The van der Waals surface area contributed by atoms with Crippen LogP contribution < -0.4 is 5.32 Å². The van der Waals surface area contributed by atoms with E-state index < -0.39 is 91.1 Å². The Morgan fingerprint density at radius 2 is 1.76 bits per heavy atom. The summed E-state index contributed by atoms with van der Waals surface area (Å²) >= 11 is 0. The minimum Gasteiger partial charge on any atom is -0.478 e. The highest BCUT2D eigenvalue weighted by molar-refractivity contribution is 6.76. The minimum atomic E-state index is -3.50. The highest BCUT2D eigenvalue weighted by Crippen LogP contribution is 2.68. The van der Waals surface area contributed by atoms with Crippen molar-refractivity contribution in [2.24, 2.45) is 5.92 Å². The summed E-state index contributed by atoms with van der Waals surface area (Å²) in [6.45, 7) is 6.14. The van der Waals surface area contributed by atoms with Crippen LogP contribution in [-0.4, -0.2) is 56.2 Å². The van der Waals surface area contributed by atoms with Gasteiger partial charge in [0.1, 0.15) is 47.6 Å². The maximum absolute atomic E-state index is 15.3. The van der Waals surface area contributed by atoms with Crippen molar-refractivity contribution in [2.75, 3.05) is 6.61 Å². The molecule has 1 saturated carbocycles. The van der Waals surface area contributed by atoms with Crippen LogP contribution in [0.3, 0.4) is 0 Å². The van der Waals surface area contributed by atoms with E-state index in [4.69, 9.17) is 9.72 Å². The van der Waals surface area contributed by atoms with Crippen molar-refractivity contribution < 1.29 is 50.2 Å². The topological polar surface area (TPSA) is 124 Å². The molecule has 1 unspecified atom stereocenters. The second-order valence-corrected chi connectivity index (χ2v) is 20.7. The summed E-state index contributed by atoms with van der Waals surface area (Å²) in [7, 11) is -1.42. The van der Waals surface area contributed by atoms with Gasteiger partial charge in [0.25, 0.3) is 12.3 Å². The first kappa shape index (κ1) is 38.2. The Bertz CT molecular complexity index is 2300. The third-order valence-electron chi connectivity index (χ3n) is 9.86. The number of carbonyl (C=O) groups excluding carboxylic acids is 1. The van der Waals surface area contributed by atoms with Gasteiger partial charge in [-0.25, -0.2) is 36.4 Å². The average Bonchev–Trinajstić information content (AvgIpc) is 3.57. The molecular weight excluding hydrogens is 754 g/mol. The lowest BCUT2D eigenvalue weighted by Gasteiger charge is -2.23. The summed E-state index contributed by atoms with van der Waals surface area (Å²) in [6.07, 6.45) is -2.08. The standard InChI is InChI=1S/C37H35F7N6O4Si/c1-55(2,3)7-6-54-17-50-29-14-22(19-4-5-26(40)24(11-19)36(52)53)32(47-28(29)15-45-50)27(10-18-8-20(38)12-21(39)9-18)46-30(51)16-49-34-31(33(48-49)35(41)42)23-13-25(23)37(34,43)44/h4-5,8-9,11-12,14-15,23,25,27,35H,6-7,10,13,16-17H2,1-3H3,(H,46,51)(H,52,53)/t23-,25+,27?/m0/s1. The summed E-state index contributed by atoms with van der Waals surface area (Å²) in [6, 6.07) is 7.07. The molecule has 7 rings (SSSR count). The summed E-state index contributed by atoms with van der Waals surface area (Å²) in [5, 5.41) is 20.5. The van der Waals surface area contributed by atoms with Crippen LogP contribution in [-0.2, 0) is 35.2 Å². The Morgan fingerprint density at radius 1 is 1.04 bits per heavy atom. The number of hydrogen-bond donors (Lipinski definition) is 2. The van der Waals surface area contributed by atoms with E-state index >= 15 is 8.78 Å². The van der Waals surface area contributed by atoms with E-state index in [2.05, 4.69) is 35.2 Å². The van der Waals surface area contributed by atoms with Crippen LogP contribution in [0.15, 0.2) is 48.7 Å². The van der Waals surface area contributed by atoms with E-state index in [1.165, 1.54) is 16.9 Å². The molecule has 2 aliphatic carbocycles. The zero-order valence-electron chi connectivity index (χ0n) is 29.7. The molecule has 3 atom stereocenters. The maximum atomic E-state index is 15.3. The second kappa shape index (κ2) is 14.2. The molecule has 2 aromatic carbocycles. The highest BCUT2D eigenvalue weighted by atomic mass is 28.3. The third kappa shape index (κ3) is 7.61. The molecule has 290 valence electrons. The first-order chi connectivity index (χ1) is 25.9. The van der Waals surface area contributed by atoms with Gasteiger partial charge in [0.15, 0.2) is 0 Å². The first-order valence-corrected chi connectivity index (χ1v) is 21.1. The Labute approximate surface area is 310 Å². The fraction of sp³-hybridized carbons (Fsp3) is 0.378. The molecule has 18 heteroatoms. The molecule has 1 fully saturated rings. The zero-order valence-corrected chi connectivity index (χ0v) is 30.7. The number of hydrogen-bond acceptors (Lipinski definition) is 6. The summed E-state index contributed by atoms with van der Waals surface area (Å²) in [5.41, 5.74) is -1.50. The lowest BCUT2D eigenvalue weighted by molar-refractivity contribution is -0.123. The molecular formula is C37H35F7N6O4Si. The number of aromatic nitrogens is 5. The third-order valence-corrected chi connectivity index (χ3v) is 11.6. The van der Waals surface area contributed by atoms with Gasteiger partial charge in [0.05, 0.1) is 29.0 Å². The van der Waals surface area contributed by atoms with Crippen LogP contribution in [0.1, 0.15) is 63.4 Å². The molecule has 0 aliphatic heterocycles. The predicted octanol–water partition coefficient (Wildman–Crippen LogP) is 7.97. The number of carboxylic acid groups (broad SMARTS) is 1. The lowest BCUT2D eigenvalue weighted by atomic mass is 9.94. The van der Waals surface area contributed by atoms with Crippen molar-refractivity contribution in [3.05, 3.63) is 99.9 Å². The van der Waals surface area contributed by atoms with Crippen molar-refractivity contribution in [3.8, 4) is 11.1 Å². The molecule has 2 aliphatic rings. The number of nitrogens with one attached hydrogen (secondary N) is 1.